The van der Waals surface area contributed by atoms with Gasteiger partial charge in [0.25, 0.3) is 0 Å². The van der Waals surface area contributed by atoms with Crippen molar-refractivity contribution in [2.24, 2.45) is 13.0 Å². The van der Waals surface area contributed by atoms with Crippen LogP contribution >= 0.6 is 0 Å². The first-order valence-corrected chi connectivity index (χ1v) is 4.11. The highest BCUT2D eigenvalue weighted by atomic mass is 14.9. The van der Waals surface area contributed by atoms with Gasteiger partial charge in [-0.3, -0.25) is 0 Å². The van der Waals surface area contributed by atoms with Gasteiger partial charge in [0.1, 0.15) is 0 Å². The molecule has 0 saturated carbocycles. The Hall–Kier alpha value is -0.980. The largest absolute Gasteiger partial charge is 0.351 e. The van der Waals surface area contributed by atoms with Crippen LogP contribution in [0.1, 0.15) is 13.3 Å². The predicted octanol–water partition coefficient (Wildman–Crippen LogP) is 0.626. The van der Waals surface area contributed by atoms with E-state index in [1.807, 2.05) is 0 Å². The number of fused-ring (bicyclic) bond motifs is 1. The Balaban J connectivity index is 2.77. The lowest BCUT2D eigenvalue weighted by atomic mass is 10.0. The van der Waals surface area contributed by atoms with E-state index in [0.717, 1.165) is 0 Å². The van der Waals surface area contributed by atoms with Crippen LogP contribution in [0.4, 0.5) is 0 Å². The summed E-state index contributed by atoms with van der Waals surface area (Å²) < 4.78 is 2.18. The summed E-state index contributed by atoms with van der Waals surface area (Å²) in [4.78, 5) is 0. The molecule has 1 aliphatic rings. The fourth-order valence-corrected chi connectivity index (χ4v) is 1.60. The van der Waals surface area contributed by atoms with E-state index in [0.29, 0.717) is 5.92 Å². The van der Waals surface area contributed by atoms with Crippen molar-refractivity contribution in [1.29, 1.82) is 0 Å². The zero-order chi connectivity index (χ0) is 7.84. The molecule has 11 heavy (non-hydrogen) atoms. The zero-order valence-corrected chi connectivity index (χ0v) is 7.04. The third kappa shape index (κ3) is 1.01. The fraction of sp³-hybridized carbons (Fsp3) is 0.400. The molecular formula is C10H13N. The van der Waals surface area contributed by atoms with Crippen LogP contribution in [0.15, 0.2) is 12.3 Å². The SMILES string of the molecule is CC1C=c2c(ccn2C)=CC1. The van der Waals surface area contributed by atoms with Gasteiger partial charge in [-0.1, -0.05) is 19.1 Å². The number of hydrogen-bond acceptors (Lipinski definition) is 0. The van der Waals surface area contributed by atoms with E-state index >= 15 is 0 Å². The fourth-order valence-electron chi connectivity index (χ4n) is 1.60. The highest BCUT2D eigenvalue weighted by Gasteiger charge is 2.02. The molecule has 0 aliphatic heterocycles. The van der Waals surface area contributed by atoms with Crippen molar-refractivity contribution in [3.8, 4) is 0 Å². The Morgan fingerprint density at radius 3 is 3.18 bits per heavy atom. The molecule has 0 N–H and O–H groups in total. The maximum atomic E-state index is 2.34. The van der Waals surface area contributed by atoms with E-state index in [9.17, 15) is 0 Å². The predicted molar refractivity (Wildman–Crippen MR) is 47.4 cm³/mol. The maximum Gasteiger partial charge on any atom is 0.0436 e. The Morgan fingerprint density at radius 1 is 1.55 bits per heavy atom. The Morgan fingerprint density at radius 2 is 2.36 bits per heavy atom. The van der Waals surface area contributed by atoms with E-state index in [-0.39, 0.29) is 0 Å². The number of aryl methyl sites for hydroxylation is 1. The first-order chi connectivity index (χ1) is 5.27. The molecule has 1 aliphatic carbocycles. The van der Waals surface area contributed by atoms with E-state index in [1.165, 1.54) is 17.0 Å². The smallest absolute Gasteiger partial charge is 0.0436 e. The third-order valence-electron chi connectivity index (χ3n) is 2.31. The van der Waals surface area contributed by atoms with Gasteiger partial charge < -0.3 is 4.57 Å². The Bertz CT molecular complexity index is 370. The van der Waals surface area contributed by atoms with Crippen molar-refractivity contribution in [3.05, 3.63) is 22.8 Å². The molecule has 0 saturated heterocycles. The van der Waals surface area contributed by atoms with Crippen molar-refractivity contribution in [3.63, 3.8) is 0 Å². The van der Waals surface area contributed by atoms with Crippen molar-refractivity contribution >= 4 is 12.2 Å². The third-order valence-corrected chi connectivity index (χ3v) is 2.31. The summed E-state index contributed by atoms with van der Waals surface area (Å²) in [5, 5.41) is 2.77. The lowest BCUT2D eigenvalue weighted by Gasteiger charge is -2.05. The summed E-state index contributed by atoms with van der Waals surface area (Å²) in [6.45, 7) is 2.26. The topological polar surface area (TPSA) is 4.93 Å². The van der Waals surface area contributed by atoms with Crippen molar-refractivity contribution in [2.75, 3.05) is 0 Å². The van der Waals surface area contributed by atoms with Gasteiger partial charge in [0.2, 0.25) is 0 Å². The molecule has 0 fully saturated rings. The second kappa shape index (κ2) is 2.26. The summed E-state index contributed by atoms with van der Waals surface area (Å²) in [7, 11) is 2.10. The number of nitrogens with zero attached hydrogens (tertiary/aromatic N) is 1. The van der Waals surface area contributed by atoms with Gasteiger partial charge in [-0.05, 0) is 23.6 Å². The first kappa shape index (κ1) is 6.71. The molecule has 0 radical (unpaired) electrons. The highest BCUT2D eigenvalue weighted by Crippen LogP contribution is 2.05. The molecule has 1 aromatic heterocycles. The van der Waals surface area contributed by atoms with Crippen LogP contribution in [-0.2, 0) is 7.05 Å². The average Bonchev–Trinajstić information content (AvgIpc) is 2.33. The molecule has 2 rings (SSSR count). The van der Waals surface area contributed by atoms with E-state index < -0.39 is 0 Å². The normalized spacial score (nSPS) is 21.8. The van der Waals surface area contributed by atoms with Crippen LogP contribution in [0.2, 0.25) is 0 Å². The minimum atomic E-state index is 0.705. The van der Waals surface area contributed by atoms with Crippen LogP contribution < -0.4 is 10.6 Å². The zero-order valence-electron chi connectivity index (χ0n) is 7.04. The molecule has 0 aromatic carbocycles. The lowest BCUT2D eigenvalue weighted by Crippen LogP contribution is -2.30. The lowest BCUT2D eigenvalue weighted by molar-refractivity contribution is 0.778. The standard InChI is InChI=1S/C10H13N/c1-8-3-4-9-5-6-11(2)10(9)7-8/h4-8H,3H2,1-2H3. The van der Waals surface area contributed by atoms with Crippen LogP contribution in [0, 0.1) is 5.92 Å². The van der Waals surface area contributed by atoms with Gasteiger partial charge in [0.15, 0.2) is 0 Å². The van der Waals surface area contributed by atoms with E-state index in [4.69, 9.17) is 0 Å². The number of hydrogen-bond donors (Lipinski definition) is 0. The van der Waals surface area contributed by atoms with Gasteiger partial charge in [-0.25, -0.2) is 0 Å². The van der Waals surface area contributed by atoms with Gasteiger partial charge >= 0.3 is 0 Å². The van der Waals surface area contributed by atoms with Crippen molar-refractivity contribution in [1.82, 2.24) is 4.57 Å². The second-order valence-corrected chi connectivity index (χ2v) is 3.35. The van der Waals surface area contributed by atoms with E-state index in [1.54, 1.807) is 0 Å². The minimum Gasteiger partial charge on any atom is -0.351 e. The van der Waals surface area contributed by atoms with Gasteiger partial charge in [-0.2, -0.15) is 0 Å². The van der Waals surface area contributed by atoms with Crippen LogP contribution in [0.3, 0.4) is 0 Å². The second-order valence-electron chi connectivity index (χ2n) is 3.35. The Kier molecular flexibility index (Phi) is 1.38. The molecule has 0 spiro atoms. The summed E-state index contributed by atoms with van der Waals surface area (Å²) in [6, 6.07) is 2.18. The van der Waals surface area contributed by atoms with E-state index in [2.05, 4.69) is 43.0 Å². The van der Waals surface area contributed by atoms with Crippen molar-refractivity contribution < 1.29 is 0 Å². The Labute approximate surface area is 66.7 Å². The summed E-state index contributed by atoms with van der Waals surface area (Å²) in [5.74, 6) is 0.705. The molecule has 0 bridgehead atoms. The molecule has 1 heteroatoms. The minimum absolute atomic E-state index is 0.705. The molecule has 1 heterocycles. The molecule has 1 aromatic rings. The average molecular weight is 147 g/mol. The summed E-state index contributed by atoms with van der Waals surface area (Å²) >= 11 is 0. The van der Waals surface area contributed by atoms with Crippen LogP contribution in [0.5, 0.6) is 0 Å². The maximum absolute atomic E-state index is 2.34. The van der Waals surface area contributed by atoms with Gasteiger partial charge in [0.05, 0.1) is 0 Å². The molecular weight excluding hydrogens is 134 g/mol. The van der Waals surface area contributed by atoms with Crippen molar-refractivity contribution in [2.45, 2.75) is 13.3 Å². The molecule has 58 valence electrons. The molecule has 1 atom stereocenters. The van der Waals surface area contributed by atoms with Crippen LogP contribution in [0.25, 0.3) is 12.2 Å². The van der Waals surface area contributed by atoms with Gasteiger partial charge in [-0.15, -0.1) is 0 Å². The first-order valence-electron chi connectivity index (χ1n) is 4.11. The number of rotatable bonds is 0. The molecule has 1 nitrogen and oxygen atoms in total. The number of aromatic nitrogens is 1. The summed E-state index contributed by atoms with van der Waals surface area (Å²) in [6.07, 6.45) is 7.97. The quantitative estimate of drug-likeness (QED) is 0.507. The highest BCUT2D eigenvalue weighted by molar-refractivity contribution is 5.38. The van der Waals surface area contributed by atoms with Gasteiger partial charge in [0, 0.05) is 18.6 Å². The van der Waals surface area contributed by atoms with Crippen LogP contribution in [-0.4, -0.2) is 4.57 Å². The molecule has 0 amide bonds. The monoisotopic (exact) mass is 147 g/mol. The molecule has 1 unspecified atom stereocenters. The summed E-state index contributed by atoms with van der Waals surface area (Å²) in [5.41, 5.74) is 0.